The van der Waals surface area contributed by atoms with Gasteiger partial charge in [-0.2, -0.15) is 0 Å². The molecule has 0 bridgehead atoms. The number of carbonyl (C=O) groups is 5. The number of aromatic amines is 1. The number of rotatable bonds is 11. The number of nitrogens with two attached hydrogens (primary N) is 1. The molecule has 1 aliphatic heterocycles. The van der Waals surface area contributed by atoms with Gasteiger partial charge in [-0.05, 0) is 19.3 Å². The number of imidazole rings is 1. The first-order valence-corrected chi connectivity index (χ1v) is 9.75. The Morgan fingerprint density at radius 2 is 1.97 bits per heavy atom. The fourth-order valence-corrected chi connectivity index (χ4v) is 3.35. The van der Waals surface area contributed by atoms with Crippen molar-refractivity contribution in [3.8, 4) is 0 Å². The summed E-state index contributed by atoms with van der Waals surface area (Å²) >= 11 is 0. The van der Waals surface area contributed by atoms with Crippen molar-refractivity contribution in [2.24, 2.45) is 5.73 Å². The second-order valence-corrected chi connectivity index (χ2v) is 7.12. The Balaban J connectivity index is 2.13. The zero-order chi connectivity index (χ0) is 23.0. The van der Waals surface area contributed by atoms with Crippen LogP contribution < -0.4 is 16.4 Å². The number of carboxylic acid groups (broad SMARTS) is 2. The Morgan fingerprint density at radius 3 is 2.55 bits per heavy atom. The van der Waals surface area contributed by atoms with E-state index in [1.165, 1.54) is 17.4 Å². The van der Waals surface area contributed by atoms with Crippen LogP contribution in [0.25, 0.3) is 0 Å². The van der Waals surface area contributed by atoms with E-state index in [0.29, 0.717) is 25.1 Å². The lowest BCUT2D eigenvalue weighted by Gasteiger charge is -2.26. The van der Waals surface area contributed by atoms with Gasteiger partial charge < -0.3 is 36.5 Å². The van der Waals surface area contributed by atoms with E-state index < -0.39 is 48.3 Å². The van der Waals surface area contributed by atoms with E-state index in [1.54, 1.807) is 0 Å². The first kappa shape index (κ1) is 23.8. The van der Waals surface area contributed by atoms with Gasteiger partial charge in [0.05, 0.1) is 12.9 Å². The molecule has 13 heteroatoms. The second kappa shape index (κ2) is 11.1. The number of H-pyrrole nitrogens is 1. The van der Waals surface area contributed by atoms with E-state index in [2.05, 4.69) is 20.6 Å². The Kier molecular flexibility index (Phi) is 8.49. The average molecular weight is 438 g/mol. The fraction of sp³-hybridized carbons (Fsp3) is 0.556. The summed E-state index contributed by atoms with van der Waals surface area (Å²) in [6.07, 6.45) is 3.07. The maximum Gasteiger partial charge on any atom is 0.326 e. The molecule has 1 aromatic heterocycles. The zero-order valence-corrected chi connectivity index (χ0v) is 16.7. The van der Waals surface area contributed by atoms with Gasteiger partial charge in [0.2, 0.25) is 17.7 Å². The van der Waals surface area contributed by atoms with Crippen LogP contribution in [0, 0.1) is 0 Å². The van der Waals surface area contributed by atoms with Crippen LogP contribution in [-0.2, 0) is 30.4 Å². The van der Waals surface area contributed by atoms with Crippen molar-refractivity contribution in [2.45, 2.75) is 50.2 Å². The number of nitrogens with one attached hydrogen (secondary N) is 3. The maximum atomic E-state index is 12.8. The van der Waals surface area contributed by atoms with Gasteiger partial charge in [-0.1, -0.05) is 0 Å². The van der Waals surface area contributed by atoms with Crippen molar-refractivity contribution in [1.29, 1.82) is 0 Å². The molecule has 0 aliphatic carbocycles. The summed E-state index contributed by atoms with van der Waals surface area (Å²) in [5.41, 5.74) is 5.90. The van der Waals surface area contributed by atoms with E-state index >= 15 is 0 Å². The molecule has 3 unspecified atom stereocenters. The summed E-state index contributed by atoms with van der Waals surface area (Å²) in [7, 11) is 0. The molecule has 7 N–H and O–H groups in total. The fourth-order valence-electron chi connectivity index (χ4n) is 3.35. The van der Waals surface area contributed by atoms with Gasteiger partial charge in [0.1, 0.15) is 18.1 Å². The minimum absolute atomic E-state index is 0.0135. The van der Waals surface area contributed by atoms with Crippen LogP contribution in [0.3, 0.4) is 0 Å². The van der Waals surface area contributed by atoms with Crippen molar-refractivity contribution in [2.75, 3.05) is 13.1 Å². The van der Waals surface area contributed by atoms with Gasteiger partial charge in [0.25, 0.3) is 0 Å². The Morgan fingerprint density at radius 1 is 1.23 bits per heavy atom. The molecule has 1 saturated heterocycles. The van der Waals surface area contributed by atoms with Crippen molar-refractivity contribution in [3.05, 3.63) is 18.2 Å². The van der Waals surface area contributed by atoms with Crippen molar-refractivity contribution in [1.82, 2.24) is 25.5 Å². The van der Waals surface area contributed by atoms with Gasteiger partial charge in [-0.15, -0.1) is 0 Å². The van der Waals surface area contributed by atoms with Crippen molar-refractivity contribution < 1.29 is 34.2 Å². The highest BCUT2D eigenvalue weighted by Crippen LogP contribution is 2.17. The number of aliphatic carboxylic acids is 2. The van der Waals surface area contributed by atoms with E-state index in [4.69, 9.17) is 10.8 Å². The molecule has 0 saturated carbocycles. The highest BCUT2D eigenvalue weighted by molar-refractivity contribution is 5.94. The first-order chi connectivity index (χ1) is 14.7. The largest absolute Gasteiger partial charge is 0.481 e. The highest BCUT2D eigenvalue weighted by atomic mass is 16.4. The molecule has 31 heavy (non-hydrogen) atoms. The van der Waals surface area contributed by atoms with E-state index in [1.807, 2.05) is 0 Å². The third-order valence-electron chi connectivity index (χ3n) is 4.92. The van der Waals surface area contributed by atoms with Crippen LogP contribution in [0.2, 0.25) is 0 Å². The van der Waals surface area contributed by atoms with E-state index in [0.717, 1.165) is 0 Å². The number of amides is 3. The van der Waals surface area contributed by atoms with Crippen LogP contribution >= 0.6 is 0 Å². The summed E-state index contributed by atoms with van der Waals surface area (Å²) in [4.78, 5) is 67.7. The molecule has 1 aliphatic rings. The lowest BCUT2D eigenvalue weighted by molar-refractivity contribution is -0.143. The van der Waals surface area contributed by atoms with Gasteiger partial charge in [0, 0.05) is 31.3 Å². The van der Waals surface area contributed by atoms with E-state index in [-0.39, 0.29) is 25.3 Å². The lowest BCUT2D eigenvalue weighted by Crippen LogP contribution is -2.56. The molecule has 0 spiro atoms. The number of carbonyl (C=O) groups excluding carboxylic acids is 3. The first-order valence-electron chi connectivity index (χ1n) is 9.75. The van der Waals surface area contributed by atoms with Gasteiger partial charge in [-0.25, -0.2) is 9.78 Å². The molecule has 0 radical (unpaired) electrons. The molecule has 1 aromatic rings. The Labute approximate surface area is 177 Å². The van der Waals surface area contributed by atoms with Crippen LogP contribution in [0.5, 0.6) is 0 Å². The predicted molar refractivity (Wildman–Crippen MR) is 104 cm³/mol. The molecule has 0 aromatic carbocycles. The monoisotopic (exact) mass is 438 g/mol. The normalized spacial score (nSPS) is 17.6. The third-order valence-corrected chi connectivity index (χ3v) is 4.92. The molecular weight excluding hydrogens is 412 g/mol. The molecule has 3 amide bonds. The van der Waals surface area contributed by atoms with Crippen molar-refractivity contribution in [3.63, 3.8) is 0 Å². The molecule has 1 fully saturated rings. The number of hydrogen-bond donors (Lipinski definition) is 6. The molecular formula is C18H26N6O7. The Hall–Kier alpha value is -3.48. The molecule has 3 atom stereocenters. The zero-order valence-electron chi connectivity index (χ0n) is 16.7. The average Bonchev–Trinajstić information content (AvgIpc) is 3.41. The molecule has 13 nitrogen and oxygen atoms in total. The number of nitrogens with zero attached hydrogens (tertiary/aromatic N) is 2. The lowest BCUT2D eigenvalue weighted by atomic mass is 10.1. The van der Waals surface area contributed by atoms with Gasteiger partial charge in [0.15, 0.2) is 0 Å². The van der Waals surface area contributed by atoms with Crippen LogP contribution in [0.1, 0.15) is 31.4 Å². The Bertz CT molecular complexity index is 812. The third kappa shape index (κ3) is 6.77. The number of likely N-dealkylation sites (tertiary alicyclic amines) is 1. The number of hydrogen-bond acceptors (Lipinski definition) is 7. The van der Waals surface area contributed by atoms with Crippen LogP contribution in [-0.4, -0.2) is 86.0 Å². The van der Waals surface area contributed by atoms with Crippen LogP contribution in [0.15, 0.2) is 12.5 Å². The highest BCUT2D eigenvalue weighted by Gasteiger charge is 2.36. The molecule has 2 rings (SSSR count). The summed E-state index contributed by atoms with van der Waals surface area (Å²) in [6.45, 7) is 0.132. The predicted octanol–water partition coefficient (Wildman–Crippen LogP) is -2.18. The standard InChI is InChI=1S/C18H26N6O7/c19-7-14(25)24-5-1-2-13(24)17(29)23-12(6-10-8-20-9-21-10)16(28)22-11(18(30)31)3-4-15(26)27/h8-9,11-13H,1-7,19H2,(H,20,21)(H,22,28)(H,23,29)(H,26,27)(H,30,31). The molecule has 2 heterocycles. The minimum Gasteiger partial charge on any atom is -0.481 e. The van der Waals surface area contributed by atoms with Gasteiger partial charge in [-0.3, -0.25) is 19.2 Å². The maximum absolute atomic E-state index is 12.8. The smallest absolute Gasteiger partial charge is 0.326 e. The topological polar surface area (TPSA) is 208 Å². The summed E-state index contributed by atoms with van der Waals surface area (Å²) < 4.78 is 0. The summed E-state index contributed by atoms with van der Waals surface area (Å²) in [6, 6.07) is -3.39. The SMILES string of the molecule is NCC(=O)N1CCCC1C(=O)NC(Cc1cnc[nH]1)C(=O)NC(CCC(=O)O)C(=O)O. The van der Waals surface area contributed by atoms with Gasteiger partial charge >= 0.3 is 11.9 Å². The summed E-state index contributed by atoms with van der Waals surface area (Å²) in [5.74, 6) is -4.33. The minimum atomic E-state index is -1.44. The second-order valence-electron chi connectivity index (χ2n) is 7.12. The molecule has 170 valence electrons. The number of aromatic nitrogens is 2. The van der Waals surface area contributed by atoms with Crippen molar-refractivity contribution >= 4 is 29.7 Å². The van der Waals surface area contributed by atoms with Crippen LogP contribution in [0.4, 0.5) is 0 Å². The quantitative estimate of drug-likeness (QED) is 0.222. The summed E-state index contributed by atoms with van der Waals surface area (Å²) in [5, 5.41) is 22.9. The van der Waals surface area contributed by atoms with E-state index in [9.17, 15) is 29.1 Å². The number of carboxylic acids is 2.